The molecule has 0 saturated heterocycles. The zero-order valence-electron chi connectivity index (χ0n) is 12.2. The molecule has 0 spiro atoms. The Morgan fingerprint density at radius 3 is 2.63 bits per heavy atom. The van der Waals surface area contributed by atoms with Gasteiger partial charge in [-0.05, 0) is 19.4 Å². The summed E-state index contributed by atoms with van der Waals surface area (Å²) in [6.07, 6.45) is 0.983. The van der Waals surface area contributed by atoms with Gasteiger partial charge < -0.3 is 19.5 Å². The van der Waals surface area contributed by atoms with Crippen molar-refractivity contribution in [2.75, 3.05) is 33.5 Å². The fraction of sp³-hybridized carbons (Fsp3) is 0.600. The molecule has 1 rings (SSSR count). The van der Waals surface area contributed by atoms with Crippen LogP contribution in [0.4, 0.5) is 0 Å². The quantitative estimate of drug-likeness (QED) is 0.661. The van der Waals surface area contributed by atoms with Crippen LogP contribution in [0, 0.1) is 0 Å². The molecular formula is C15H25NO3. The number of rotatable bonds is 10. The maximum Gasteiger partial charge on any atom is 0.165 e. The van der Waals surface area contributed by atoms with Crippen LogP contribution in [0.3, 0.4) is 0 Å². The zero-order valence-corrected chi connectivity index (χ0v) is 12.2. The minimum absolute atomic E-state index is 0.642. The minimum atomic E-state index is 0.642. The maximum absolute atomic E-state index is 5.83. The molecule has 19 heavy (non-hydrogen) atoms. The Labute approximate surface area is 116 Å². The largest absolute Gasteiger partial charge is 0.490 e. The van der Waals surface area contributed by atoms with Crippen molar-refractivity contribution in [3.8, 4) is 11.5 Å². The molecule has 1 aromatic carbocycles. The lowest BCUT2D eigenvalue weighted by Crippen LogP contribution is -2.19. The van der Waals surface area contributed by atoms with Crippen LogP contribution in [0.5, 0.6) is 11.5 Å². The first-order valence-corrected chi connectivity index (χ1v) is 6.90. The van der Waals surface area contributed by atoms with Crippen molar-refractivity contribution in [1.29, 1.82) is 0 Å². The second-order valence-corrected chi connectivity index (χ2v) is 4.20. The number of para-hydroxylation sites is 1. The second-order valence-electron chi connectivity index (χ2n) is 4.20. The number of benzene rings is 1. The van der Waals surface area contributed by atoms with Crippen LogP contribution < -0.4 is 14.8 Å². The number of methoxy groups -OCH3 is 1. The van der Waals surface area contributed by atoms with Gasteiger partial charge >= 0.3 is 0 Å². The fourth-order valence-corrected chi connectivity index (χ4v) is 1.73. The van der Waals surface area contributed by atoms with Crippen molar-refractivity contribution in [1.82, 2.24) is 5.32 Å². The smallest absolute Gasteiger partial charge is 0.165 e. The standard InChI is InChI=1S/C15H25NO3/c1-4-10-19-15-13(12-16-9-11-17-3)7-6-8-14(15)18-5-2/h6-8,16H,4-5,9-12H2,1-3H3. The molecule has 0 saturated carbocycles. The Morgan fingerprint density at radius 2 is 1.95 bits per heavy atom. The molecule has 1 aromatic rings. The molecule has 0 aliphatic heterocycles. The fourth-order valence-electron chi connectivity index (χ4n) is 1.73. The van der Waals surface area contributed by atoms with E-state index >= 15 is 0 Å². The first-order valence-electron chi connectivity index (χ1n) is 6.90. The van der Waals surface area contributed by atoms with Crippen LogP contribution in [0.25, 0.3) is 0 Å². The number of ether oxygens (including phenoxy) is 3. The minimum Gasteiger partial charge on any atom is -0.490 e. The summed E-state index contributed by atoms with van der Waals surface area (Å²) in [4.78, 5) is 0. The van der Waals surface area contributed by atoms with Crippen molar-refractivity contribution in [3.05, 3.63) is 23.8 Å². The van der Waals surface area contributed by atoms with Crippen LogP contribution >= 0.6 is 0 Å². The maximum atomic E-state index is 5.83. The number of hydrogen-bond donors (Lipinski definition) is 1. The van der Waals surface area contributed by atoms with Gasteiger partial charge in [0.25, 0.3) is 0 Å². The van der Waals surface area contributed by atoms with Gasteiger partial charge in [-0.2, -0.15) is 0 Å². The van der Waals surface area contributed by atoms with Gasteiger partial charge in [-0.1, -0.05) is 19.1 Å². The van der Waals surface area contributed by atoms with E-state index in [-0.39, 0.29) is 0 Å². The molecular weight excluding hydrogens is 242 g/mol. The van der Waals surface area contributed by atoms with Crippen molar-refractivity contribution in [2.45, 2.75) is 26.8 Å². The van der Waals surface area contributed by atoms with E-state index in [1.165, 1.54) is 0 Å². The molecule has 0 aromatic heterocycles. The second kappa shape index (κ2) is 9.64. The third-order valence-corrected chi connectivity index (χ3v) is 2.61. The average Bonchev–Trinajstić information content (AvgIpc) is 2.43. The van der Waals surface area contributed by atoms with Crippen LogP contribution in [0.1, 0.15) is 25.8 Å². The summed E-state index contributed by atoms with van der Waals surface area (Å²) < 4.78 is 16.5. The Hall–Kier alpha value is -1.26. The van der Waals surface area contributed by atoms with Crippen LogP contribution in [-0.2, 0) is 11.3 Å². The molecule has 0 amide bonds. The van der Waals surface area contributed by atoms with Gasteiger partial charge in [-0.15, -0.1) is 0 Å². The van der Waals surface area contributed by atoms with Gasteiger partial charge in [0.2, 0.25) is 0 Å². The van der Waals surface area contributed by atoms with Gasteiger partial charge in [0.15, 0.2) is 11.5 Å². The molecule has 0 unspecified atom stereocenters. The summed E-state index contributed by atoms with van der Waals surface area (Å²) in [6, 6.07) is 6.01. The van der Waals surface area contributed by atoms with Crippen molar-refractivity contribution in [2.24, 2.45) is 0 Å². The SMILES string of the molecule is CCCOc1c(CNCCOC)cccc1OCC. The Bertz CT molecular complexity index is 355. The van der Waals surface area contributed by atoms with Crippen molar-refractivity contribution in [3.63, 3.8) is 0 Å². The third kappa shape index (κ3) is 5.49. The third-order valence-electron chi connectivity index (χ3n) is 2.61. The van der Waals surface area contributed by atoms with E-state index in [9.17, 15) is 0 Å². The lowest BCUT2D eigenvalue weighted by Gasteiger charge is -2.16. The van der Waals surface area contributed by atoms with Gasteiger partial charge in [-0.3, -0.25) is 0 Å². The molecule has 0 aliphatic rings. The average molecular weight is 267 g/mol. The highest BCUT2D eigenvalue weighted by atomic mass is 16.5. The first kappa shape index (κ1) is 15.8. The Balaban J connectivity index is 2.72. The summed E-state index contributed by atoms with van der Waals surface area (Å²) in [6.45, 7) is 7.70. The van der Waals surface area contributed by atoms with Gasteiger partial charge in [-0.25, -0.2) is 0 Å². The normalized spacial score (nSPS) is 10.5. The number of hydrogen-bond acceptors (Lipinski definition) is 4. The van der Waals surface area contributed by atoms with E-state index in [4.69, 9.17) is 14.2 Å². The summed E-state index contributed by atoms with van der Waals surface area (Å²) >= 11 is 0. The van der Waals surface area contributed by atoms with E-state index in [2.05, 4.69) is 18.3 Å². The molecule has 0 aliphatic carbocycles. The Morgan fingerprint density at radius 1 is 1.11 bits per heavy atom. The number of nitrogens with one attached hydrogen (secondary N) is 1. The lowest BCUT2D eigenvalue weighted by molar-refractivity contribution is 0.199. The molecule has 0 radical (unpaired) electrons. The van der Waals surface area contributed by atoms with E-state index in [1.807, 2.05) is 19.1 Å². The highest BCUT2D eigenvalue weighted by Crippen LogP contribution is 2.31. The van der Waals surface area contributed by atoms with E-state index < -0.39 is 0 Å². The molecule has 0 fully saturated rings. The molecule has 4 nitrogen and oxygen atoms in total. The van der Waals surface area contributed by atoms with Crippen molar-refractivity contribution < 1.29 is 14.2 Å². The zero-order chi connectivity index (χ0) is 13.9. The van der Waals surface area contributed by atoms with Crippen molar-refractivity contribution >= 4 is 0 Å². The van der Waals surface area contributed by atoms with Crippen LogP contribution in [0.2, 0.25) is 0 Å². The molecule has 0 bridgehead atoms. The lowest BCUT2D eigenvalue weighted by atomic mass is 10.2. The van der Waals surface area contributed by atoms with Gasteiger partial charge in [0, 0.05) is 25.8 Å². The van der Waals surface area contributed by atoms with Gasteiger partial charge in [0.05, 0.1) is 19.8 Å². The molecule has 4 heteroatoms. The predicted molar refractivity (Wildman–Crippen MR) is 77.0 cm³/mol. The Kier molecular flexibility index (Phi) is 8.02. The topological polar surface area (TPSA) is 39.7 Å². The van der Waals surface area contributed by atoms with E-state index in [0.29, 0.717) is 19.8 Å². The predicted octanol–water partition coefficient (Wildman–Crippen LogP) is 2.61. The summed E-state index contributed by atoms with van der Waals surface area (Å²) in [5.74, 6) is 1.68. The monoisotopic (exact) mass is 267 g/mol. The summed E-state index contributed by atoms with van der Waals surface area (Å²) in [5, 5.41) is 3.33. The van der Waals surface area contributed by atoms with E-state index in [0.717, 1.165) is 36.6 Å². The summed E-state index contributed by atoms with van der Waals surface area (Å²) in [5.41, 5.74) is 1.12. The highest BCUT2D eigenvalue weighted by Gasteiger charge is 2.10. The highest BCUT2D eigenvalue weighted by molar-refractivity contribution is 5.46. The van der Waals surface area contributed by atoms with Crippen LogP contribution in [0.15, 0.2) is 18.2 Å². The molecule has 108 valence electrons. The molecule has 1 N–H and O–H groups in total. The van der Waals surface area contributed by atoms with E-state index in [1.54, 1.807) is 7.11 Å². The molecule has 0 atom stereocenters. The summed E-state index contributed by atoms with van der Waals surface area (Å²) in [7, 11) is 1.70. The first-order chi connectivity index (χ1) is 9.33. The van der Waals surface area contributed by atoms with Gasteiger partial charge in [0.1, 0.15) is 0 Å². The molecule has 0 heterocycles. The van der Waals surface area contributed by atoms with Crippen LogP contribution in [-0.4, -0.2) is 33.5 Å².